The number of hydrogen-bond donors (Lipinski definition) is 2. The van der Waals surface area contributed by atoms with Gasteiger partial charge in [-0.1, -0.05) is 36.4 Å². The molecule has 0 saturated carbocycles. The second-order valence-corrected chi connectivity index (χ2v) is 7.29. The van der Waals surface area contributed by atoms with Gasteiger partial charge in [0.05, 0.1) is 19.1 Å². The number of amides is 2. The summed E-state index contributed by atoms with van der Waals surface area (Å²) in [6.07, 6.45) is -4.20. The van der Waals surface area contributed by atoms with Crippen molar-refractivity contribution in [3.63, 3.8) is 0 Å². The number of methoxy groups -OCH3 is 1. The lowest BCUT2D eigenvalue weighted by molar-refractivity contribution is -0.137. The Hall–Kier alpha value is -3.81. The lowest BCUT2D eigenvalue weighted by Gasteiger charge is -2.10. The number of carbonyl (C=O) groups excluding carboxylic acids is 2. The highest BCUT2D eigenvalue weighted by atomic mass is 19.4. The van der Waals surface area contributed by atoms with Crippen molar-refractivity contribution in [3.05, 3.63) is 89.5 Å². The molecule has 5 nitrogen and oxygen atoms in total. The van der Waals surface area contributed by atoms with Gasteiger partial charge >= 0.3 is 6.18 Å². The molecular weight excluding hydrogens is 433 g/mol. The predicted octanol–water partition coefficient (Wildman–Crippen LogP) is 4.47. The van der Waals surface area contributed by atoms with Crippen LogP contribution in [0.3, 0.4) is 0 Å². The van der Waals surface area contributed by atoms with Crippen LogP contribution in [-0.4, -0.2) is 32.0 Å². The number of carbonyl (C=O) groups is 2. The fraction of sp³-hybridized carbons (Fsp3) is 0.200. The molecular formula is C25H23F3N2O3. The highest BCUT2D eigenvalue weighted by Crippen LogP contribution is 2.32. The maximum absolute atomic E-state index is 12.9. The summed E-state index contributed by atoms with van der Waals surface area (Å²) in [7, 11) is 1.57. The minimum Gasteiger partial charge on any atom is -0.497 e. The van der Waals surface area contributed by atoms with Crippen LogP contribution in [0, 0.1) is 0 Å². The third-order valence-corrected chi connectivity index (χ3v) is 4.93. The summed E-state index contributed by atoms with van der Waals surface area (Å²) in [5.41, 5.74) is 1.48. The third kappa shape index (κ3) is 6.83. The molecule has 0 fully saturated rings. The molecule has 0 bridgehead atoms. The monoisotopic (exact) mass is 456 g/mol. The van der Waals surface area contributed by atoms with E-state index in [-0.39, 0.29) is 31.3 Å². The standard InChI is InChI=1S/C25H23F3N2O3/c1-33-22-11-5-17(6-12-22)15-23(31)29-13-14-30-24(32)19-9-7-18(8-10-19)20-3-2-4-21(16-20)25(26,27)28/h2-12,16H,13-15H2,1H3,(H,29,31)(H,30,32). The smallest absolute Gasteiger partial charge is 0.416 e. The van der Waals surface area contributed by atoms with Gasteiger partial charge in [0.25, 0.3) is 5.91 Å². The third-order valence-electron chi connectivity index (χ3n) is 4.93. The van der Waals surface area contributed by atoms with Crippen molar-refractivity contribution in [3.8, 4) is 16.9 Å². The zero-order chi connectivity index (χ0) is 23.8. The number of nitrogens with one attached hydrogen (secondary N) is 2. The van der Waals surface area contributed by atoms with Crippen molar-refractivity contribution >= 4 is 11.8 Å². The lowest BCUT2D eigenvalue weighted by atomic mass is 10.0. The van der Waals surface area contributed by atoms with E-state index in [1.807, 2.05) is 12.1 Å². The summed E-state index contributed by atoms with van der Waals surface area (Å²) >= 11 is 0. The molecule has 172 valence electrons. The van der Waals surface area contributed by atoms with Crippen molar-refractivity contribution in [2.45, 2.75) is 12.6 Å². The molecule has 0 heterocycles. The highest BCUT2D eigenvalue weighted by molar-refractivity contribution is 5.94. The molecule has 3 aromatic rings. The van der Waals surface area contributed by atoms with Gasteiger partial charge < -0.3 is 15.4 Å². The molecule has 0 unspecified atom stereocenters. The van der Waals surface area contributed by atoms with Crippen molar-refractivity contribution in [1.82, 2.24) is 10.6 Å². The van der Waals surface area contributed by atoms with Crippen LogP contribution in [0.2, 0.25) is 0 Å². The molecule has 0 aliphatic rings. The molecule has 0 aromatic heterocycles. The Morgan fingerprint density at radius 1 is 0.848 bits per heavy atom. The molecule has 0 aliphatic heterocycles. The zero-order valence-corrected chi connectivity index (χ0v) is 17.9. The molecule has 3 aromatic carbocycles. The van der Waals surface area contributed by atoms with Crippen LogP contribution >= 0.6 is 0 Å². The number of ether oxygens (including phenoxy) is 1. The number of benzene rings is 3. The van der Waals surface area contributed by atoms with E-state index in [1.54, 1.807) is 49.6 Å². The van der Waals surface area contributed by atoms with Gasteiger partial charge in [0.2, 0.25) is 5.91 Å². The molecule has 0 radical (unpaired) electrons. The molecule has 8 heteroatoms. The van der Waals surface area contributed by atoms with Gasteiger partial charge in [0, 0.05) is 18.7 Å². The van der Waals surface area contributed by atoms with E-state index in [0.29, 0.717) is 22.4 Å². The van der Waals surface area contributed by atoms with E-state index in [9.17, 15) is 22.8 Å². The van der Waals surface area contributed by atoms with E-state index in [2.05, 4.69) is 10.6 Å². The molecule has 0 spiro atoms. The van der Waals surface area contributed by atoms with Crippen molar-refractivity contribution < 1.29 is 27.5 Å². The lowest BCUT2D eigenvalue weighted by Crippen LogP contribution is -2.35. The van der Waals surface area contributed by atoms with Gasteiger partial charge in [-0.15, -0.1) is 0 Å². The maximum Gasteiger partial charge on any atom is 0.416 e. The topological polar surface area (TPSA) is 67.4 Å². The van der Waals surface area contributed by atoms with E-state index in [4.69, 9.17) is 4.74 Å². The Labute approximate surface area is 189 Å². The molecule has 3 rings (SSSR count). The second kappa shape index (κ2) is 10.7. The van der Waals surface area contributed by atoms with E-state index >= 15 is 0 Å². The summed E-state index contributed by atoms with van der Waals surface area (Å²) in [5, 5.41) is 5.44. The minimum absolute atomic E-state index is 0.167. The Bertz CT molecular complexity index is 1100. The summed E-state index contributed by atoms with van der Waals surface area (Å²) in [6, 6.07) is 18.5. The van der Waals surface area contributed by atoms with Crippen LogP contribution in [0.4, 0.5) is 13.2 Å². The van der Waals surface area contributed by atoms with Gasteiger partial charge in [-0.3, -0.25) is 9.59 Å². The first-order valence-electron chi connectivity index (χ1n) is 10.2. The molecule has 0 saturated heterocycles. The number of halogens is 3. The highest BCUT2D eigenvalue weighted by Gasteiger charge is 2.30. The van der Waals surface area contributed by atoms with Crippen LogP contribution in [0.15, 0.2) is 72.8 Å². The Kier molecular flexibility index (Phi) is 7.71. The summed E-state index contributed by atoms with van der Waals surface area (Å²) in [5.74, 6) is 0.208. The molecule has 0 atom stereocenters. The maximum atomic E-state index is 12.9. The van der Waals surface area contributed by atoms with Gasteiger partial charge in [-0.2, -0.15) is 13.2 Å². The average molecular weight is 456 g/mol. The number of rotatable bonds is 8. The van der Waals surface area contributed by atoms with Crippen LogP contribution in [0.5, 0.6) is 5.75 Å². The number of alkyl halides is 3. The first-order chi connectivity index (χ1) is 15.8. The van der Waals surface area contributed by atoms with Crippen LogP contribution in [0.1, 0.15) is 21.5 Å². The molecule has 2 N–H and O–H groups in total. The Morgan fingerprint density at radius 3 is 2.15 bits per heavy atom. The average Bonchev–Trinajstić information content (AvgIpc) is 2.82. The fourth-order valence-electron chi connectivity index (χ4n) is 3.16. The largest absolute Gasteiger partial charge is 0.497 e. The van der Waals surface area contributed by atoms with Gasteiger partial charge in [0.15, 0.2) is 0 Å². The van der Waals surface area contributed by atoms with Gasteiger partial charge in [-0.25, -0.2) is 0 Å². The van der Waals surface area contributed by atoms with Crippen LogP contribution in [0.25, 0.3) is 11.1 Å². The second-order valence-electron chi connectivity index (χ2n) is 7.29. The van der Waals surface area contributed by atoms with E-state index in [0.717, 1.165) is 17.7 Å². The number of hydrogen-bond acceptors (Lipinski definition) is 3. The Morgan fingerprint density at radius 2 is 1.52 bits per heavy atom. The molecule has 33 heavy (non-hydrogen) atoms. The quantitative estimate of drug-likeness (QED) is 0.492. The molecule has 2 amide bonds. The predicted molar refractivity (Wildman–Crippen MR) is 119 cm³/mol. The molecule has 0 aliphatic carbocycles. The Balaban J connectivity index is 1.46. The van der Waals surface area contributed by atoms with Crippen molar-refractivity contribution in [2.24, 2.45) is 0 Å². The van der Waals surface area contributed by atoms with Crippen molar-refractivity contribution in [2.75, 3.05) is 20.2 Å². The van der Waals surface area contributed by atoms with Gasteiger partial charge in [-0.05, 0) is 53.1 Å². The zero-order valence-electron chi connectivity index (χ0n) is 17.9. The first-order valence-corrected chi connectivity index (χ1v) is 10.2. The van der Waals surface area contributed by atoms with Crippen LogP contribution < -0.4 is 15.4 Å². The summed E-state index contributed by atoms with van der Waals surface area (Å²) in [6.45, 7) is 0.506. The summed E-state index contributed by atoms with van der Waals surface area (Å²) in [4.78, 5) is 24.3. The first kappa shape index (κ1) is 23.8. The summed E-state index contributed by atoms with van der Waals surface area (Å²) < 4.78 is 43.8. The van der Waals surface area contributed by atoms with E-state index in [1.165, 1.54) is 6.07 Å². The minimum atomic E-state index is -4.42. The normalized spacial score (nSPS) is 11.0. The van der Waals surface area contributed by atoms with Gasteiger partial charge in [0.1, 0.15) is 5.75 Å². The van der Waals surface area contributed by atoms with Crippen molar-refractivity contribution in [1.29, 1.82) is 0 Å². The fourth-order valence-corrected chi connectivity index (χ4v) is 3.16. The van der Waals surface area contributed by atoms with E-state index < -0.39 is 11.7 Å². The van der Waals surface area contributed by atoms with Crippen LogP contribution in [-0.2, 0) is 17.4 Å². The SMILES string of the molecule is COc1ccc(CC(=O)NCCNC(=O)c2ccc(-c3cccc(C(F)(F)F)c3)cc2)cc1.